The van der Waals surface area contributed by atoms with Crippen LogP contribution in [0.5, 0.6) is 0 Å². The number of aliphatic carboxylic acids is 1. The summed E-state index contributed by atoms with van der Waals surface area (Å²) >= 11 is 2.06. The van der Waals surface area contributed by atoms with Gasteiger partial charge in [0.05, 0.1) is 18.8 Å². The van der Waals surface area contributed by atoms with Gasteiger partial charge in [-0.05, 0) is 6.07 Å². The van der Waals surface area contributed by atoms with Crippen molar-refractivity contribution in [1.82, 2.24) is 18.9 Å². The molecular formula is C14H10F2IN5O2S. The lowest BCUT2D eigenvalue weighted by atomic mass is 10.2. The zero-order chi connectivity index (χ0) is 18.0. The van der Waals surface area contributed by atoms with E-state index in [0.717, 1.165) is 12.4 Å². The average molecular weight is 477 g/mol. The van der Waals surface area contributed by atoms with Crippen LogP contribution in [0.15, 0.2) is 24.7 Å². The van der Waals surface area contributed by atoms with Gasteiger partial charge in [0.25, 0.3) is 0 Å². The molecule has 0 aromatic carbocycles. The number of carboxylic acid groups (broad SMARTS) is 1. The van der Waals surface area contributed by atoms with Crippen LogP contribution in [0.3, 0.4) is 0 Å². The van der Waals surface area contributed by atoms with Crippen molar-refractivity contribution in [2.45, 2.75) is 6.42 Å². The molecule has 0 aliphatic carbocycles. The van der Waals surface area contributed by atoms with Gasteiger partial charge in [-0.15, -0.1) is 0 Å². The molecule has 0 amide bonds. The Kier molecular flexibility index (Phi) is 5.32. The molecule has 0 unspecified atom stereocenters. The van der Waals surface area contributed by atoms with Gasteiger partial charge in [0, 0.05) is 54.0 Å². The van der Waals surface area contributed by atoms with Crippen molar-refractivity contribution in [1.29, 1.82) is 0 Å². The number of aromatic nitrogens is 4. The molecule has 0 saturated carbocycles. The van der Waals surface area contributed by atoms with E-state index in [4.69, 9.17) is 5.11 Å². The van der Waals surface area contributed by atoms with Gasteiger partial charge in [0.1, 0.15) is 5.82 Å². The first-order chi connectivity index (χ1) is 12.0. The first kappa shape index (κ1) is 17.8. The predicted molar refractivity (Wildman–Crippen MR) is 98.4 cm³/mol. The number of anilines is 1. The van der Waals surface area contributed by atoms with E-state index in [9.17, 15) is 13.6 Å². The molecule has 3 aromatic heterocycles. The summed E-state index contributed by atoms with van der Waals surface area (Å²) in [6.07, 6.45) is 3.60. The van der Waals surface area contributed by atoms with Crippen LogP contribution in [-0.4, -0.2) is 36.5 Å². The van der Waals surface area contributed by atoms with Gasteiger partial charge in [0.2, 0.25) is 0 Å². The molecule has 7 nitrogen and oxygen atoms in total. The summed E-state index contributed by atoms with van der Waals surface area (Å²) in [5.41, 5.74) is 1.02. The van der Waals surface area contributed by atoms with Crippen LogP contribution in [0.4, 0.5) is 14.6 Å². The highest BCUT2D eigenvalue weighted by atomic mass is 127. The number of pyridine rings is 1. The Hall–Kier alpha value is -2.02. The molecule has 0 radical (unpaired) electrons. The number of halogens is 3. The quantitative estimate of drug-likeness (QED) is 0.525. The summed E-state index contributed by atoms with van der Waals surface area (Å²) in [5, 5.41) is 11.8. The van der Waals surface area contributed by atoms with E-state index in [1.165, 1.54) is 15.2 Å². The van der Waals surface area contributed by atoms with Gasteiger partial charge < -0.3 is 10.4 Å². The topological polar surface area (TPSA) is 92.9 Å². The largest absolute Gasteiger partial charge is 0.481 e. The Morgan fingerprint density at radius 1 is 1.36 bits per heavy atom. The lowest BCUT2D eigenvalue weighted by molar-refractivity contribution is -0.136. The molecule has 0 aliphatic rings. The van der Waals surface area contributed by atoms with E-state index in [-0.39, 0.29) is 24.6 Å². The normalized spacial score (nSPS) is 11.0. The molecule has 25 heavy (non-hydrogen) atoms. The number of hydrogen-bond donors (Lipinski definition) is 2. The van der Waals surface area contributed by atoms with Gasteiger partial charge in [-0.1, -0.05) is 0 Å². The van der Waals surface area contributed by atoms with Gasteiger partial charge in [-0.3, -0.25) is 8.77 Å². The van der Waals surface area contributed by atoms with Crippen LogP contribution >= 0.6 is 30.3 Å². The van der Waals surface area contributed by atoms with Crippen molar-refractivity contribution in [2.24, 2.45) is 0 Å². The maximum atomic E-state index is 13.8. The van der Waals surface area contributed by atoms with E-state index in [0.29, 0.717) is 16.6 Å². The fourth-order valence-electron chi connectivity index (χ4n) is 2.19. The van der Waals surface area contributed by atoms with Crippen molar-refractivity contribution in [3.8, 4) is 11.4 Å². The fourth-order valence-corrected chi connectivity index (χ4v) is 3.45. The summed E-state index contributed by atoms with van der Waals surface area (Å²) < 4.78 is 29.1. The maximum absolute atomic E-state index is 13.8. The van der Waals surface area contributed by atoms with E-state index in [1.807, 2.05) is 0 Å². The number of nitrogens with zero attached hydrogens (tertiary/aromatic N) is 4. The summed E-state index contributed by atoms with van der Waals surface area (Å²) in [4.78, 5) is 22.7. The van der Waals surface area contributed by atoms with Gasteiger partial charge in [-0.2, -0.15) is 0 Å². The summed E-state index contributed by atoms with van der Waals surface area (Å²) in [7, 11) is 1.34. The van der Waals surface area contributed by atoms with Crippen LogP contribution in [0.1, 0.15) is 6.42 Å². The van der Waals surface area contributed by atoms with E-state index in [2.05, 4.69) is 41.5 Å². The highest BCUT2D eigenvalue weighted by molar-refractivity contribution is 14.2. The molecular weight excluding hydrogens is 467 g/mol. The molecule has 3 rings (SSSR count). The standard InChI is InChI=1S/C14H10F2IN5O2S/c15-7-3-8-9(6-22(25-17)14(8)20-4-7)12-19-5-10(16)13(21-12)18-2-1-11(23)24/h3-6H,1-2H2,(H,23,24)(H,18,19,21). The minimum atomic E-state index is -1.01. The van der Waals surface area contributed by atoms with Crippen LogP contribution in [0.25, 0.3) is 22.4 Å². The third kappa shape index (κ3) is 3.81. The second kappa shape index (κ2) is 7.47. The van der Waals surface area contributed by atoms with Crippen molar-refractivity contribution < 1.29 is 18.7 Å². The lowest BCUT2D eigenvalue weighted by Gasteiger charge is -2.06. The number of hydrogen-bond acceptors (Lipinski definition) is 6. The van der Waals surface area contributed by atoms with Gasteiger partial charge in [0.15, 0.2) is 23.1 Å². The van der Waals surface area contributed by atoms with E-state index < -0.39 is 17.6 Å². The van der Waals surface area contributed by atoms with Crippen LogP contribution in [0.2, 0.25) is 0 Å². The molecule has 0 fully saturated rings. The van der Waals surface area contributed by atoms with Crippen molar-refractivity contribution in [3.63, 3.8) is 0 Å². The van der Waals surface area contributed by atoms with Crippen molar-refractivity contribution >= 4 is 53.1 Å². The van der Waals surface area contributed by atoms with Crippen LogP contribution in [-0.2, 0) is 4.79 Å². The molecule has 2 N–H and O–H groups in total. The Morgan fingerprint density at radius 2 is 2.16 bits per heavy atom. The second-order valence-electron chi connectivity index (χ2n) is 4.92. The highest BCUT2D eigenvalue weighted by Crippen LogP contribution is 2.33. The predicted octanol–water partition coefficient (Wildman–Crippen LogP) is 3.50. The fraction of sp³-hybridized carbons (Fsp3) is 0.143. The second-order valence-corrected chi connectivity index (χ2v) is 6.64. The Morgan fingerprint density at radius 3 is 2.88 bits per heavy atom. The molecule has 3 aromatic rings. The smallest absolute Gasteiger partial charge is 0.305 e. The molecule has 0 saturated heterocycles. The number of carboxylic acids is 1. The van der Waals surface area contributed by atoms with Gasteiger partial charge >= 0.3 is 5.97 Å². The zero-order valence-corrected chi connectivity index (χ0v) is 15.4. The minimum Gasteiger partial charge on any atom is -0.481 e. The average Bonchev–Trinajstić information content (AvgIpc) is 2.94. The summed E-state index contributed by atoms with van der Waals surface area (Å²) in [6, 6.07) is 1.31. The minimum absolute atomic E-state index is 0.0181. The molecule has 0 bridgehead atoms. The zero-order valence-electron chi connectivity index (χ0n) is 12.4. The molecule has 3 heterocycles. The molecule has 130 valence electrons. The summed E-state index contributed by atoms with van der Waals surface area (Å²) in [5.74, 6) is -2.15. The van der Waals surface area contributed by atoms with Gasteiger partial charge in [-0.25, -0.2) is 23.7 Å². The Bertz CT molecular complexity index is 952. The van der Waals surface area contributed by atoms with Crippen LogP contribution < -0.4 is 5.32 Å². The summed E-state index contributed by atoms with van der Waals surface area (Å²) in [6.45, 7) is 0.0181. The molecule has 0 spiro atoms. The third-order valence-corrected chi connectivity index (χ3v) is 4.97. The number of nitrogens with one attached hydrogen (secondary N) is 1. The van der Waals surface area contributed by atoms with Crippen LogP contribution in [0, 0.1) is 11.6 Å². The van der Waals surface area contributed by atoms with E-state index >= 15 is 0 Å². The van der Waals surface area contributed by atoms with Crippen molar-refractivity contribution in [3.05, 3.63) is 36.3 Å². The van der Waals surface area contributed by atoms with Crippen molar-refractivity contribution in [2.75, 3.05) is 11.9 Å². The Balaban J connectivity index is 2.03. The molecule has 11 heteroatoms. The Labute approximate surface area is 156 Å². The number of fused-ring (bicyclic) bond motifs is 1. The van der Waals surface area contributed by atoms with E-state index in [1.54, 1.807) is 10.2 Å². The maximum Gasteiger partial charge on any atom is 0.305 e. The molecule has 0 atom stereocenters. The lowest BCUT2D eigenvalue weighted by Crippen LogP contribution is -2.10. The third-order valence-electron chi connectivity index (χ3n) is 3.27. The number of carbonyl (C=O) groups is 1. The first-order valence-electron chi connectivity index (χ1n) is 6.94. The monoisotopic (exact) mass is 477 g/mol. The number of rotatable bonds is 6. The molecule has 0 aliphatic heterocycles. The SMILES string of the molecule is O=C(O)CCNc1nc(-c2cn(SI)c3ncc(F)cc23)ncc1F. The highest BCUT2D eigenvalue weighted by Gasteiger charge is 2.16. The first-order valence-corrected chi connectivity index (χ1v) is 10.3.